The fourth-order valence-electron chi connectivity index (χ4n) is 4.25. The summed E-state index contributed by atoms with van der Waals surface area (Å²) in [5.41, 5.74) is 4.21. The zero-order chi connectivity index (χ0) is 23.0. The van der Waals surface area contributed by atoms with E-state index in [1.165, 1.54) is 6.92 Å². The molecule has 1 aromatic carbocycles. The van der Waals surface area contributed by atoms with Gasteiger partial charge in [0.05, 0.1) is 24.5 Å². The number of aryl methyl sites for hydroxylation is 2. The van der Waals surface area contributed by atoms with Crippen molar-refractivity contribution in [1.29, 1.82) is 0 Å². The van der Waals surface area contributed by atoms with Crippen LogP contribution in [0.2, 0.25) is 0 Å². The predicted molar refractivity (Wildman–Crippen MR) is 121 cm³/mol. The Morgan fingerprint density at radius 2 is 1.88 bits per heavy atom. The van der Waals surface area contributed by atoms with Crippen LogP contribution in [-0.4, -0.2) is 33.7 Å². The highest BCUT2D eigenvalue weighted by atomic mass is 16.5. The molecule has 0 unspecified atom stereocenters. The fourth-order valence-corrected chi connectivity index (χ4v) is 4.25. The van der Waals surface area contributed by atoms with Gasteiger partial charge < -0.3 is 14.8 Å². The minimum atomic E-state index is -0.368. The summed E-state index contributed by atoms with van der Waals surface area (Å²) in [7, 11) is 3.25. The third-order valence-corrected chi connectivity index (χ3v) is 5.78. The number of carbonyl (C=O) groups excluding carboxylic acids is 1. The first kappa shape index (κ1) is 21.5. The molecular formula is C24H26N4O4. The number of anilines is 1. The van der Waals surface area contributed by atoms with E-state index in [1.807, 2.05) is 38.1 Å². The molecule has 0 bridgehead atoms. The van der Waals surface area contributed by atoms with Crippen molar-refractivity contribution >= 4 is 11.8 Å². The summed E-state index contributed by atoms with van der Waals surface area (Å²) in [5.74, 6) is 0.724. The van der Waals surface area contributed by atoms with E-state index in [1.54, 1.807) is 30.9 Å². The normalized spacial score (nSPS) is 17.0. The Morgan fingerprint density at radius 3 is 2.56 bits per heavy atom. The predicted octanol–water partition coefficient (Wildman–Crippen LogP) is 3.11. The SMILES string of the molecule is COc1ccc(-c2nc(C)c(N[C@H]3c4ccccc4C[C@@H]3OC(C)=O)n(C)c2=O)c(C)n1. The third kappa shape index (κ3) is 3.84. The molecule has 0 fully saturated rings. The number of methoxy groups -OCH3 is 1. The van der Waals surface area contributed by atoms with Crippen LogP contribution in [0.15, 0.2) is 41.2 Å². The van der Waals surface area contributed by atoms with Gasteiger partial charge in [-0.05, 0) is 31.0 Å². The number of rotatable bonds is 5. The molecule has 0 spiro atoms. The molecule has 2 heterocycles. The Hall–Kier alpha value is -3.68. The second kappa shape index (κ2) is 8.45. The number of nitrogens with one attached hydrogen (secondary N) is 1. The van der Waals surface area contributed by atoms with Crippen LogP contribution in [0, 0.1) is 13.8 Å². The average Bonchev–Trinajstić information content (AvgIpc) is 3.10. The van der Waals surface area contributed by atoms with Gasteiger partial charge in [-0.3, -0.25) is 14.2 Å². The van der Waals surface area contributed by atoms with E-state index >= 15 is 0 Å². The van der Waals surface area contributed by atoms with Crippen molar-refractivity contribution in [2.24, 2.45) is 7.05 Å². The topological polar surface area (TPSA) is 95.3 Å². The average molecular weight is 434 g/mol. The lowest BCUT2D eigenvalue weighted by molar-refractivity contribution is -0.146. The maximum absolute atomic E-state index is 13.2. The fraction of sp³-hybridized carbons (Fsp3) is 0.333. The van der Waals surface area contributed by atoms with E-state index in [-0.39, 0.29) is 23.7 Å². The molecule has 4 rings (SSSR count). The number of fused-ring (bicyclic) bond motifs is 1. The molecule has 0 saturated carbocycles. The van der Waals surface area contributed by atoms with Crippen molar-refractivity contribution < 1.29 is 14.3 Å². The Kier molecular flexibility index (Phi) is 5.69. The van der Waals surface area contributed by atoms with Crippen LogP contribution in [0.4, 0.5) is 5.82 Å². The number of nitrogens with zero attached hydrogens (tertiary/aromatic N) is 3. The number of aromatic nitrogens is 3. The van der Waals surface area contributed by atoms with E-state index in [9.17, 15) is 9.59 Å². The highest BCUT2D eigenvalue weighted by Crippen LogP contribution is 2.36. The number of benzene rings is 1. The molecular weight excluding hydrogens is 408 g/mol. The maximum Gasteiger partial charge on any atom is 0.302 e. The summed E-state index contributed by atoms with van der Waals surface area (Å²) in [5, 5.41) is 3.43. The van der Waals surface area contributed by atoms with E-state index in [4.69, 9.17) is 9.47 Å². The summed E-state index contributed by atoms with van der Waals surface area (Å²) in [6.07, 6.45) is 0.245. The van der Waals surface area contributed by atoms with Crippen molar-refractivity contribution in [2.45, 2.75) is 39.3 Å². The number of ether oxygens (including phenoxy) is 2. The second-order valence-corrected chi connectivity index (χ2v) is 7.92. The molecule has 0 saturated heterocycles. The quantitative estimate of drug-likeness (QED) is 0.617. The molecule has 2 aromatic heterocycles. The monoisotopic (exact) mass is 434 g/mol. The van der Waals surface area contributed by atoms with Crippen molar-refractivity contribution in [3.8, 4) is 17.1 Å². The molecule has 1 aliphatic carbocycles. The van der Waals surface area contributed by atoms with Crippen molar-refractivity contribution in [3.63, 3.8) is 0 Å². The summed E-state index contributed by atoms with van der Waals surface area (Å²) in [6, 6.07) is 11.2. The first-order valence-electron chi connectivity index (χ1n) is 10.4. The largest absolute Gasteiger partial charge is 0.481 e. The summed E-state index contributed by atoms with van der Waals surface area (Å²) >= 11 is 0. The summed E-state index contributed by atoms with van der Waals surface area (Å²) in [6.45, 7) is 5.07. The van der Waals surface area contributed by atoms with Gasteiger partial charge in [-0.2, -0.15) is 0 Å². The number of carbonyl (C=O) groups is 1. The molecule has 8 nitrogen and oxygen atoms in total. The van der Waals surface area contributed by atoms with Gasteiger partial charge in [0.15, 0.2) is 0 Å². The van der Waals surface area contributed by atoms with Crippen LogP contribution < -0.4 is 15.6 Å². The lowest BCUT2D eigenvalue weighted by atomic mass is 10.1. The smallest absolute Gasteiger partial charge is 0.302 e. The van der Waals surface area contributed by atoms with Crippen molar-refractivity contribution in [2.75, 3.05) is 12.4 Å². The van der Waals surface area contributed by atoms with Gasteiger partial charge in [-0.15, -0.1) is 0 Å². The van der Waals surface area contributed by atoms with E-state index in [2.05, 4.69) is 15.3 Å². The maximum atomic E-state index is 13.2. The summed E-state index contributed by atoms with van der Waals surface area (Å²) < 4.78 is 12.3. The highest BCUT2D eigenvalue weighted by Gasteiger charge is 2.35. The van der Waals surface area contributed by atoms with Crippen LogP contribution in [-0.2, 0) is 23.0 Å². The van der Waals surface area contributed by atoms with Gasteiger partial charge in [0.25, 0.3) is 5.56 Å². The molecule has 0 amide bonds. The number of esters is 1. The van der Waals surface area contributed by atoms with E-state index in [0.29, 0.717) is 40.8 Å². The second-order valence-electron chi connectivity index (χ2n) is 7.92. The van der Waals surface area contributed by atoms with Crippen LogP contribution in [0.25, 0.3) is 11.3 Å². The number of hydrogen-bond donors (Lipinski definition) is 1. The Balaban J connectivity index is 1.74. The van der Waals surface area contributed by atoms with E-state index in [0.717, 1.165) is 11.1 Å². The minimum Gasteiger partial charge on any atom is -0.481 e. The first-order valence-corrected chi connectivity index (χ1v) is 10.4. The minimum absolute atomic E-state index is 0.247. The van der Waals surface area contributed by atoms with Gasteiger partial charge in [0, 0.05) is 32.0 Å². The molecule has 1 aliphatic rings. The Labute approximate surface area is 186 Å². The molecule has 32 heavy (non-hydrogen) atoms. The van der Waals surface area contributed by atoms with Gasteiger partial charge in [-0.25, -0.2) is 9.97 Å². The third-order valence-electron chi connectivity index (χ3n) is 5.78. The Bertz CT molecular complexity index is 1250. The van der Waals surface area contributed by atoms with Crippen molar-refractivity contribution in [1.82, 2.24) is 14.5 Å². The van der Waals surface area contributed by atoms with Gasteiger partial charge in [0.2, 0.25) is 5.88 Å². The van der Waals surface area contributed by atoms with Crippen molar-refractivity contribution in [3.05, 3.63) is 69.3 Å². The number of hydrogen-bond acceptors (Lipinski definition) is 7. The molecule has 0 aliphatic heterocycles. The molecule has 8 heteroatoms. The zero-order valence-corrected chi connectivity index (χ0v) is 18.8. The molecule has 0 radical (unpaired) electrons. The molecule has 2 atom stereocenters. The summed E-state index contributed by atoms with van der Waals surface area (Å²) in [4.78, 5) is 33.9. The van der Waals surface area contributed by atoms with Gasteiger partial charge in [-0.1, -0.05) is 24.3 Å². The van der Waals surface area contributed by atoms with Crippen LogP contribution in [0.3, 0.4) is 0 Å². The zero-order valence-electron chi connectivity index (χ0n) is 18.8. The van der Waals surface area contributed by atoms with Gasteiger partial charge in [0.1, 0.15) is 17.6 Å². The van der Waals surface area contributed by atoms with Gasteiger partial charge >= 0.3 is 5.97 Å². The highest BCUT2D eigenvalue weighted by molar-refractivity contribution is 5.67. The number of pyridine rings is 1. The lowest BCUT2D eigenvalue weighted by Crippen LogP contribution is -2.31. The molecule has 1 N–H and O–H groups in total. The van der Waals surface area contributed by atoms with E-state index < -0.39 is 0 Å². The first-order chi connectivity index (χ1) is 15.3. The van der Waals surface area contributed by atoms with Crippen LogP contribution in [0.5, 0.6) is 5.88 Å². The Morgan fingerprint density at radius 1 is 1.12 bits per heavy atom. The lowest BCUT2D eigenvalue weighted by Gasteiger charge is -2.25. The van der Waals surface area contributed by atoms with Crippen LogP contribution >= 0.6 is 0 Å². The standard InChI is InChI=1S/C24H26N4O4/c1-13-17(10-11-20(25-13)31-5)22-24(30)28(4)23(14(2)26-22)27-21-18-9-7-6-8-16(18)12-19(21)32-15(3)29/h6-11,19,21,27H,12H2,1-5H3/t19-,21-/m0/s1. The molecule has 166 valence electrons. The van der Waals surface area contributed by atoms with Crippen LogP contribution in [0.1, 0.15) is 35.5 Å². The molecule has 3 aromatic rings.